The number of rotatable bonds is 42. The molecule has 352 valence electrons. The molecule has 0 aliphatic rings. The zero-order valence-corrected chi connectivity index (χ0v) is 36.2. The molecule has 0 fully saturated rings. The van der Waals surface area contributed by atoms with Crippen LogP contribution in [0, 0.1) is 0 Å². The lowest BCUT2D eigenvalue weighted by Gasteiger charge is -2.09. The van der Waals surface area contributed by atoms with Gasteiger partial charge in [-0.1, -0.05) is 6.07 Å². The molecule has 2 amide bonds. The van der Waals surface area contributed by atoms with Gasteiger partial charge < -0.3 is 68.5 Å². The lowest BCUT2D eigenvalue weighted by molar-refractivity contribution is -0.121. The fourth-order valence-corrected chi connectivity index (χ4v) is 4.90. The van der Waals surface area contributed by atoms with Gasteiger partial charge in [-0.15, -0.1) is 20.4 Å². The van der Waals surface area contributed by atoms with E-state index in [-0.39, 0.29) is 30.5 Å². The van der Waals surface area contributed by atoms with Crippen molar-refractivity contribution in [1.29, 1.82) is 0 Å². The van der Waals surface area contributed by atoms with E-state index in [2.05, 4.69) is 41.0 Å². The van der Waals surface area contributed by atoms with Crippen molar-refractivity contribution >= 4 is 17.5 Å². The molecule has 22 heteroatoms. The smallest absolute Gasteiger partial charge is 0.224 e. The number of hydrogen-bond donors (Lipinski definition) is 3. The van der Waals surface area contributed by atoms with Gasteiger partial charge in [0.25, 0.3) is 0 Å². The first-order chi connectivity index (χ1) is 31.2. The van der Waals surface area contributed by atoms with Crippen LogP contribution in [0.4, 0.5) is 5.69 Å². The van der Waals surface area contributed by atoms with Gasteiger partial charge in [0, 0.05) is 32.1 Å². The number of pyridine rings is 2. The van der Waals surface area contributed by atoms with Crippen LogP contribution in [0.5, 0.6) is 0 Å². The van der Waals surface area contributed by atoms with Gasteiger partial charge in [0.15, 0.2) is 0 Å². The largest absolute Gasteiger partial charge is 0.378 e. The molecular weight excluding hydrogens is 827 g/mol. The van der Waals surface area contributed by atoms with Crippen molar-refractivity contribution in [2.75, 3.05) is 164 Å². The molecule has 0 saturated carbocycles. The molecule has 0 unspecified atom stereocenters. The van der Waals surface area contributed by atoms with Gasteiger partial charge in [-0.25, -0.2) is 0 Å². The number of ether oxygens (including phenoxy) is 11. The summed E-state index contributed by atoms with van der Waals surface area (Å²) in [4.78, 5) is 32.9. The Morgan fingerprint density at radius 3 is 1.24 bits per heavy atom. The van der Waals surface area contributed by atoms with Gasteiger partial charge in [-0.3, -0.25) is 19.6 Å². The molecule has 0 bridgehead atoms. The third-order valence-corrected chi connectivity index (χ3v) is 8.01. The summed E-state index contributed by atoms with van der Waals surface area (Å²) in [5, 5.41) is 21.8. The summed E-state index contributed by atoms with van der Waals surface area (Å²) in [5.41, 5.74) is 6.86. The highest BCUT2D eigenvalue weighted by Gasteiger charge is 2.10. The first kappa shape index (κ1) is 53.0. The Bertz CT molecular complexity index is 1540. The molecule has 0 aromatic carbocycles. The summed E-state index contributed by atoms with van der Waals surface area (Å²) in [6.45, 7) is 11.3. The van der Waals surface area contributed by atoms with E-state index in [0.29, 0.717) is 188 Å². The SMILES string of the molecule is NCCOCCOCCOCCOCCOCCOCCOCCOCCOCCOCCOCCNC(=O)CCCC(=O)Nc1ccc(-c2nnc(-c3ccccn3)nn2)nc1. The normalized spacial score (nSPS) is 11.3. The van der Waals surface area contributed by atoms with Crippen LogP contribution >= 0.6 is 0 Å². The molecule has 4 N–H and O–H groups in total. The second kappa shape index (κ2) is 38.2. The lowest BCUT2D eigenvalue weighted by Crippen LogP contribution is -2.27. The molecule has 22 nitrogen and oxygen atoms in total. The Morgan fingerprint density at radius 1 is 0.460 bits per heavy atom. The minimum atomic E-state index is -0.227. The van der Waals surface area contributed by atoms with Crippen LogP contribution in [-0.4, -0.2) is 201 Å². The predicted molar refractivity (Wildman–Crippen MR) is 228 cm³/mol. The summed E-state index contributed by atoms with van der Waals surface area (Å²) < 4.78 is 59.9. The third-order valence-electron chi connectivity index (χ3n) is 8.01. The van der Waals surface area contributed by atoms with Crippen LogP contribution in [0.15, 0.2) is 42.7 Å². The van der Waals surface area contributed by atoms with Crippen molar-refractivity contribution in [2.45, 2.75) is 19.3 Å². The van der Waals surface area contributed by atoms with Crippen LogP contribution < -0.4 is 16.4 Å². The highest BCUT2D eigenvalue weighted by atomic mass is 16.6. The molecule has 0 radical (unpaired) electrons. The molecule has 0 saturated heterocycles. The van der Waals surface area contributed by atoms with Crippen LogP contribution in [-0.2, 0) is 61.7 Å². The van der Waals surface area contributed by atoms with E-state index in [1.54, 1.807) is 30.5 Å². The summed E-state index contributed by atoms with van der Waals surface area (Å²) >= 11 is 0. The molecule has 3 aromatic rings. The Balaban J connectivity index is 0.970. The maximum Gasteiger partial charge on any atom is 0.224 e. The minimum Gasteiger partial charge on any atom is -0.378 e. The molecule has 3 aromatic heterocycles. The first-order valence-corrected chi connectivity index (χ1v) is 21.2. The van der Waals surface area contributed by atoms with Crippen molar-refractivity contribution in [3.8, 4) is 23.0 Å². The number of carbonyl (C=O) groups excluding carboxylic acids is 2. The molecule has 0 aliphatic heterocycles. The van der Waals surface area contributed by atoms with Gasteiger partial charge >= 0.3 is 0 Å². The zero-order chi connectivity index (χ0) is 44.5. The van der Waals surface area contributed by atoms with E-state index in [1.165, 1.54) is 6.20 Å². The van der Waals surface area contributed by atoms with Crippen LogP contribution in [0.3, 0.4) is 0 Å². The third kappa shape index (κ3) is 28.9. The van der Waals surface area contributed by atoms with E-state index < -0.39 is 0 Å². The number of nitrogens with zero attached hydrogens (tertiary/aromatic N) is 6. The van der Waals surface area contributed by atoms with E-state index >= 15 is 0 Å². The second-order valence-corrected chi connectivity index (χ2v) is 13.0. The Morgan fingerprint density at radius 2 is 0.857 bits per heavy atom. The quantitative estimate of drug-likeness (QED) is 0.0663. The van der Waals surface area contributed by atoms with Crippen molar-refractivity contribution in [1.82, 2.24) is 35.7 Å². The molecule has 63 heavy (non-hydrogen) atoms. The van der Waals surface area contributed by atoms with E-state index in [1.807, 2.05) is 6.07 Å². The van der Waals surface area contributed by atoms with Crippen LogP contribution in [0.2, 0.25) is 0 Å². The van der Waals surface area contributed by atoms with Crippen molar-refractivity contribution < 1.29 is 61.7 Å². The first-order valence-electron chi connectivity index (χ1n) is 21.2. The Labute approximate surface area is 368 Å². The van der Waals surface area contributed by atoms with Gasteiger partial charge in [0.05, 0.1) is 157 Å². The molecule has 3 heterocycles. The van der Waals surface area contributed by atoms with Gasteiger partial charge in [-0.2, -0.15) is 0 Å². The summed E-state index contributed by atoms with van der Waals surface area (Å²) in [6, 6.07) is 8.72. The molecule has 3 rings (SSSR count). The molecular formula is C41H65N9O13. The Kier molecular flexibility index (Phi) is 32.1. The average molecular weight is 892 g/mol. The number of aromatic nitrogens is 6. The van der Waals surface area contributed by atoms with Crippen LogP contribution in [0.25, 0.3) is 23.0 Å². The number of nitrogens with two attached hydrogens (primary N) is 1. The fourth-order valence-electron chi connectivity index (χ4n) is 4.90. The number of carbonyl (C=O) groups is 2. The number of nitrogens with one attached hydrogen (secondary N) is 2. The topological polar surface area (TPSA) is 263 Å². The van der Waals surface area contributed by atoms with Crippen molar-refractivity contribution in [3.63, 3.8) is 0 Å². The average Bonchev–Trinajstić information content (AvgIpc) is 3.31. The summed E-state index contributed by atoms with van der Waals surface area (Å²) in [6.07, 6.45) is 3.92. The lowest BCUT2D eigenvalue weighted by atomic mass is 10.2. The van der Waals surface area contributed by atoms with Crippen LogP contribution in [0.1, 0.15) is 19.3 Å². The van der Waals surface area contributed by atoms with Gasteiger partial charge in [0.2, 0.25) is 23.5 Å². The number of anilines is 1. The van der Waals surface area contributed by atoms with E-state index in [0.717, 1.165) is 0 Å². The van der Waals surface area contributed by atoms with Crippen molar-refractivity contribution in [3.05, 3.63) is 42.7 Å². The standard InChI is InChI=1S/C41H65N9O13/c42-9-12-53-14-16-55-18-20-57-22-24-59-26-28-61-30-32-63-33-31-62-29-27-60-25-23-58-21-19-56-17-15-54-13-11-44-38(51)5-3-6-39(52)46-35-7-8-37(45-34-35)41-49-47-40(48-50-41)36-4-1-2-10-43-36/h1-2,4,7-8,10,34H,3,5-6,9,11-33,42H2,(H,44,51)(H,46,52). The fraction of sp³-hybridized carbons (Fsp3) is 0.659. The maximum atomic E-state index is 12.4. The molecule has 0 aliphatic carbocycles. The summed E-state index contributed by atoms with van der Waals surface area (Å²) in [7, 11) is 0. The maximum absolute atomic E-state index is 12.4. The van der Waals surface area contributed by atoms with E-state index in [9.17, 15) is 9.59 Å². The number of amides is 2. The second-order valence-electron chi connectivity index (χ2n) is 13.0. The van der Waals surface area contributed by atoms with E-state index in [4.69, 9.17) is 57.8 Å². The molecule has 0 atom stereocenters. The summed E-state index contributed by atoms with van der Waals surface area (Å²) in [5.74, 6) is 0.167. The van der Waals surface area contributed by atoms with Gasteiger partial charge in [-0.05, 0) is 30.7 Å². The highest BCUT2D eigenvalue weighted by molar-refractivity contribution is 5.91. The molecule has 0 spiro atoms. The Hall–Kier alpha value is -4.30. The number of hydrogen-bond acceptors (Lipinski definition) is 20. The monoisotopic (exact) mass is 891 g/mol. The minimum absolute atomic E-state index is 0.154. The highest BCUT2D eigenvalue weighted by Crippen LogP contribution is 2.15. The van der Waals surface area contributed by atoms with Crippen molar-refractivity contribution in [2.24, 2.45) is 5.73 Å². The predicted octanol–water partition coefficient (Wildman–Crippen LogP) is 0.757. The zero-order valence-electron chi connectivity index (χ0n) is 36.2. The van der Waals surface area contributed by atoms with Gasteiger partial charge in [0.1, 0.15) is 11.4 Å².